The maximum atomic E-state index is 11.3. The first-order chi connectivity index (χ1) is 7.80. The second kappa shape index (κ2) is 3.52. The van der Waals surface area contributed by atoms with Crippen LogP contribution in [0.15, 0.2) is 24.3 Å². The number of hydrogen-bond acceptors (Lipinski definition) is 2. The van der Waals surface area contributed by atoms with Gasteiger partial charge in [0.2, 0.25) is 0 Å². The van der Waals surface area contributed by atoms with Crippen molar-refractivity contribution < 1.29 is 9.90 Å². The van der Waals surface area contributed by atoms with Crippen molar-refractivity contribution in [2.75, 3.05) is 5.73 Å². The predicted molar refractivity (Wildman–Crippen MR) is 68.3 cm³/mol. The lowest BCUT2D eigenvalue weighted by atomic mass is 10.1. The zero-order chi connectivity index (χ0) is 12.8. The van der Waals surface area contributed by atoms with Crippen molar-refractivity contribution in [3.63, 3.8) is 0 Å². The van der Waals surface area contributed by atoms with E-state index in [1.807, 2.05) is 31.4 Å². The predicted octanol–water partition coefficient (Wildman–Crippen LogP) is 2.68. The molecule has 0 saturated carbocycles. The summed E-state index contributed by atoms with van der Waals surface area (Å²) in [4.78, 5) is 11.3. The molecule has 0 unspecified atom stereocenters. The number of carboxylic acids is 1. The lowest BCUT2D eigenvalue weighted by molar-refractivity contribution is 0.0679. The summed E-state index contributed by atoms with van der Waals surface area (Å²) in [5, 5.41) is 10.1. The molecular weight excluding hydrogens is 216 g/mol. The van der Waals surface area contributed by atoms with Gasteiger partial charge in [0, 0.05) is 22.1 Å². The molecule has 0 fully saturated rings. The normalized spacial score (nSPS) is 11.9. The molecule has 0 aliphatic rings. The van der Waals surface area contributed by atoms with E-state index in [0.29, 0.717) is 5.69 Å². The molecule has 0 amide bonds. The zero-order valence-corrected chi connectivity index (χ0v) is 10.2. The molecule has 0 radical (unpaired) electrons. The number of nitrogen functional groups attached to an aromatic ring is 1. The van der Waals surface area contributed by atoms with Crippen molar-refractivity contribution in [1.29, 1.82) is 0 Å². The van der Waals surface area contributed by atoms with Crippen molar-refractivity contribution >= 4 is 22.6 Å². The summed E-state index contributed by atoms with van der Waals surface area (Å²) >= 11 is 0. The van der Waals surface area contributed by atoms with Crippen LogP contribution in [0, 0.1) is 0 Å². The summed E-state index contributed by atoms with van der Waals surface area (Å²) < 4.78 is 1.82. The van der Waals surface area contributed by atoms with Gasteiger partial charge in [-0.05, 0) is 45.0 Å². The van der Waals surface area contributed by atoms with Crippen molar-refractivity contribution in [2.45, 2.75) is 26.3 Å². The minimum Gasteiger partial charge on any atom is -0.477 e. The highest BCUT2D eigenvalue weighted by Gasteiger charge is 2.23. The number of benzene rings is 1. The van der Waals surface area contributed by atoms with Crippen LogP contribution in [0.3, 0.4) is 0 Å². The van der Waals surface area contributed by atoms with E-state index in [1.165, 1.54) is 0 Å². The first-order valence-corrected chi connectivity index (χ1v) is 5.45. The number of hydrogen-bond donors (Lipinski definition) is 2. The molecule has 0 spiro atoms. The average molecular weight is 232 g/mol. The van der Waals surface area contributed by atoms with E-state index in [2.05, 4.69) is 0 Å². The Hall–Kier alpha value is -1.97. The molecule has 17 heavy (non-hydrogen) atoms. The molecule has 4 heteroatoms. The van der Waals surface area contributed by atoms with Crippen LogP contribution in [0.1, 0.15) is 31.3 Å². The Bertz CT molecular complexity index is 591. The van der Waals surface area contributed by atoms with Gasteiger partial charge >= 0.3 is 5.97 Å². The first-order valence-electron chi connectivity index (χ1n) is 5.45. The molecule has 3 N–H and O–H groups in total. The van der Waals surface area contributed by atoms with Gasteiger partial charge in [0.15, 0.2) is 0 Å². The molecule has 0 atom stereocenters. The molecule has 0 saturated heterocycles. The summed E-state index contributed by atoms with van der Waals surface area (Å²) in [6.45, 7) is 5.94. The lowest BCUT2D eigenvalue weighted by Crippen LogP contribution is -2.25. The van der Waals surface area contributed by atoms with Crippen LogP contribution in [0.4, 0.5) is 5.69 Å². The van der Waals surface area contributed by atoms with Crippen molar-refractivity contribution in [2.24, 2.45) is 0 Å². The number of nitrogens with zero attached hydrogens (tertiary/aromatic N) is 1. The highest BCUT2D eigenvalue weighted by molar-refractivity contribution is 5.95. The third-order valence-electron chi connectivity index (χ3n) is 2.72. The Morgan fingerprint density at radius 3 is 2.47 bits per heavy atom. The van der Waals surface area contributed by atoms with E-state index in [9.17, 15) is 9.90 Å². The Labute approximate surface area is 99.7 Å². The molecule has 0 aliphatic carbocycles. The van der Waals surface area contributed by atoms with Gasteiger partial charge in [0.1, 0.15) is 5.69 Å². The first kappa shape index (κ1) is 11.5. The molecule has 4 nitrogen and oxygen atoms in total. The smallest absolute Gasteiger partial charge is 0.352 e. The molecule has 2 rings (SSSR count). The molecule has 0 bridgehead atoms. The highest BCUT2D eigenvalue weighted by Crippen LogP contribution is 2.28. The summed E-state index contributed by atoms with van der Waals surface area (Å²) in [7, 11) is 0. The second-order valence-corrected chi connectivity index (χ2v) is 5.16. The Balaban J connectivity index is 2.86. The van der Waals surface area contributed by atoms with Gasteiger partial charge in [-0.2, -0.15) is 0 Å². The number of carboxylic acid groups (broad SMARTS) is 1. The zero-order valence-electron chi connectivity index (χ0n) is 10.2. The molecule has 90 valence electrons. The topological polar surface area (TPSA) is 68.2 Å². The van der Waals surface area contributed by atoms with Crippen LogP contribution in [0.25, 0.3) is 10.9 Å². The minimum atomic E-state index is -0.922. The Morgan fingerprint density at radius 2 is 1.94 bits per heavy atom. The quantitative estimate of drug-likeness (QED) is 0.743. The fraction of sp³-hybridized carbons (Fsp3) is 0.308. The fourth-order valence-corrected chi connectivity index (χ4v) is 2.11. The largest absolute Gasteiger partial charge is 0.477 e. The van der Waals surface area contributed by atoms with Gasteiger partial charge in [-0.3, -0.25) is 0 Å². The van der Waals surface area contributed by atoms with Gasteiger partial charge in [-0.25, -0.2) is 4.79 Å². The van der Waals surface area contributed by atoms with Gasteiger partial charge < -0.3 is 15.4 Å². The van der Waals surface area contributed by atoms with Crippen LogP contribution in [-0.2, 0) is 5.54 Å². The van der Waals surface area contributed by atoms with Crippen molar-refractivity contribution in [3.05, 3.63) is 30.0 Å². The van der Waals surface area contributed by atoms with E-state index in [0.717, 1.165) is 10.9 Å². The maximum Gasteiger partial charge on any atom is 0.352 e. The third kappa shape index (κ3) is 1.86. The number of nitrogens with two attached hydrogens (primary N) is 1. The van der Waals surface area contributed by atoms with Gasteiger partial charge in [0.25, 0.3) is 0 Å². The fourth-order valence-electron chi connectivity index (χ4n) is 2.11. The van der Waals surface area contributed by atoms with E-state index in [-0.39, 0.29) is 11.2 Å². The number of aromatic carboxylic acids is 1. The lowest BCUT2D eigenvalue weighted by Gasteiger charge is -2.24. The molecular formula is C13H16N2O2. The molecule has 2 aromatic rings. The van der Waals surface area contributed by atoms with Crippen LogP contribution in [0.5, 0.6) is 0 Å². The molecule has 1 aromatic carbocycles. The third-order valence-corrected chi connectivity index (χ3v) is 2.72. The van der Waals surface area contributed by atoms with E-state index < -0.39 is 5.97 Å². The van der Waals surface area contributed by atoms with Gasteiger partial charge in [-0.1, -0.05) is 0 Å². The van der Waals surface area contributed by atoms with Gasteiger partial charge in [0.05, 0.1) is 0 Å². The monoisotopic (exact) mass is 232 g/mol. The molecule has 1 aromatic heterocycles. The van der Waals surface area contributed by atoms with Crippen LogP contribution >= 0.6 is 0 Å². The number of fused-ring (bicyclic) bond motifs is 1. The van der Waals surface area contributed by atoms with Crippen LogP contribution < -0.4 is 5.73 Å². The summed E-state index contributed by atoms with van der Waals surface area (Å²) in [6.07, 6.45) is 0. The van der Waals surface area contributed by atoms with E-state index in [4.69, 9.17) is 5.73 Å². The second-order valence-electron chi connectivity index (χ2n) is 5.16. The Morgan fingerprint density at radius 1 is 1.29 bits per heavy atom. The SMILES string of the molecule is CC(C)(C)n1c(C(=O)O)cc2cc(N)ccc21. The number of rotatable bonds is 1. The number of anilines is 1. The highest BCUT2D eigenvalue weighted by atomic mass is 16.4. The van der Waals surface area contributed by atoms with Crippen LogP contribution in [0.2, 0.25) is 0 Å². The maximum absolute atomic E-state index is 11.3. The summed E-state index contributed by atoms with van der Waals surface area (Å²) in [5.74, 6) is -0.922. The minimum absolute atomic E-state index is 0.286. The van der Waals surface area contributed by atoms with E-state index in [1.54, 1.807) is 18.2 Å². The van der Waals surface area contributed by atoms with Crippen molar-refractivity contribution in [1.82, 2.24) is 4.57 Å². The van der Waals surface area contributed by atoms with E-state index >= 15 is 0 Å². The molecule has 0 aliphatic heterocycles. The summed E-state index contributed by atoms with van der Waals surface area (Å²) in [6, 6.07) is 7.11. The molecule has 1 heterocycles. The Kier molecular flexibility index (Phi) is 2.38. The van der Waals surface area contributed by atoms with Crippen LogP contribution in [-0.4, -0.2) is 15.6 Å². The average Bonchev–Trinajstić information content (AvgIpc) is 2.55. The number of aromatic nitrogens is 1. The standard InChI is InChI=1S/C13H16N2O2/c1-13(2,3)15-10-5-4-9(14)6-8(10)7-11(15)12(16)17/h4-7H,14H2,1-3H3,(H,16,17). The van der Waals surface area contributed by atoms with Gasteiger partial charge in [-0.15, -0.1) is 0 Å². The number of carbonyl (C=O) groups is 1. The summed E-state index contributed by atoms with van der Waals surface area (Å²) in [5.41, 5.74) is 7.25. The van der Waals surface area contributed by atoms with Crippen molar-refractivity contribution in [3.8, 4) is 0 Å².